The van der Waals surface area contributed by atoms with Crippen LogP contribution in [0, 0.1) is 5.82 Å². The highest BCUT2D eigenvalue weighted by Crippen LogP contribution is 2.29. The summed E-state index contributed by atoms with van der Waals surface area (Å²) in [6.07, 6.45) is -0.630. The Balaban J connectivity index is 1.63. The standard InChI is InChI=1S/C20H20FN4O3/c1-2-28-16-9-7-15(8-10-16)23-11-12-24-18(26)19(27)25(22-20(23)24)13-14-5-3-4-6-17(14)21/h3-10,20H,2,11-13H2,1H3/q+1. The summed E-state index contributed by atoms with van der Waals surface area (Å²) in [5.74, 6) is -1.04. The Labute approximate surface area is 161 Å². The molecular weight excluding hydrogens is 363 g/mol. The molecule has 0 aliphatic carbocycles. The van der Waals surface area contributed by atoms with E-state index in [4.69, 9.17) is 4.74 Å². The number of hydrogen-bond acceptors (Lipinski definition) is 5. The number of ether oxygens (including phenoxy) is 1. The zero-order chi connectivity index (χ0) is 19.7. The number of halogens is 1. The Kier molecular flexibility index (Phi) is 4.77. The summed E-state index contributed by atoms with van der Waals surface area (Å²) in [6, 6.07) is 13.7. The lowest BCUT2D eigenvalue weighted by atomic mass is 10.2. The minimum atomic E-state index is -0.743. The lowest BCUT2D eigenvalue weighted by Crippen LogP contribution is -2.51. The van der Waals surface area contributed by atoms with Gasteiger partial charge in [-0.25, -0.2) is 9.18 Å². The van der Waals surface area contributed by atoms with Gasteiger partial charge < -0.3 is 9.64 Å². The van der Waals surface area contributed by atoms with E-state index in [1.54, 1.807) is 18.2 Å². The monoisotopic (exact) mass is 383 g/mol. The van der Waals surface area contributed by atoms with Crippen LogP contribution in [0.5, 0.6) is 5.75 Å². The van der Waals surface area contributed by atoms with Crippen LogP contribution in [0.3, 0.4) is 0 Å². The molecule has 2 aliphatic rings. The predicted octanol–water partition coefficient (Wildman–Crippen LogP) is 2.36. The first-order chi connectivity index (χ1) is 13.6. The second-order valence-electron chi connectivity index (χ2n) is 6.53. The molecule has 0 radical (unpaired) electrons. The molecule has 1 atom stereocenters. The fourth-order valence-corrected chi connectivity index (χ4v) is 3.42. The SMILES string of the molecule is CCOc1ccc(N2CCN3C(=O)C(=O)[N+](Cc4ccccc4F)=NC32)cc1. The molecule has 4 rings (SSSR count). The van der Waals surface area contributed by atoms with E-state index in [-0.39, 0.29) is 6.54 Å². The van der Waals surface area contributed by atoms with Crippen LogP contribution in [0.4, 0.5) is 10.1 Å². The molecule has 2 aliphatic heterocycles. The van der Waals surface area contributed by atoms with Crippen molar-refractivity contribution >= 4 is 17.5 Å². The minimum Gasteiger partial charge on any atom is -0.494 e. The fourth-order valence-electron chi connectivity index (χ4n) is 3.42. The summed E-state index contributed by atoms with van der Waals surface area (Å²) >= 11 is 0. The molecule has 7 nitrogen and oxygen atoms in total. The van der Waals surface area contributed by atoms with Gasteiger partial charge in [0.25, 0.3) is 6.29 Å². The van der Waals surface area contributed by atoms with Crippen molar-refractivity contribution in [2.45, 2.75) is 19.8 Å². The average molecular weight is 383 g/mol. The van der Waals surface area contributed by atoms with Crippen LogP contribution in [0.1, 0.15) is 12.5 Å². The zero-order valence-corrected chi connectivity index (χ0v) is 15.4. The molecule has 0 saturated carbocycles. The van der Waals surface area contributed by atoms with Crippen molar-refractivity contribution in [3.05, 3.63) is 59.9 Å². The number of fused-ring (bicyclic) bond motifs is 1. The molecule has 0 bridgehead atoms. The third kappa shape index (κ3) is 3.21. The molecule has 2 aromatic carbocycles. The van der Waals surface area contributed by atoms with Crippen LogP contribution in [-0.4, -0.2) is 47.4 Å². The largest absolute Gasteiger partial charge is 0.502 e. The van der Waals surface area contributed by atoms with Gasteiger partial charge in [-0.3, -0.25) is 9.69 Å². The number of anilines is 1. The van der Waals surface area contributed by atoms with Gasteiger partial charge in [-0.05, 0) is 48.0 Å². The Hall–Kier alpha value is -3.29. The number of amides is 2. The van der Waals surface area contributed by atoms with Crippen molar-refractivity contribution in [2.75, 3.05) is 24.6 Å². The van der Waals surface area contributed by atoms with E-state index in [9.17, 15) is 14.0 Å². The van der Waals surface area contributed by atoms with Crippen molar-refractivity contribution in [2.24, 2.45) is 5.11 Å². The summed E-state index contributed by atoms with van der Waals surface area (Å²) in [6.45, 7) is 3.36. The number of benzene rings is 2. The molecule has 144 valence electrons. The third-order valence-corrected chi connectivity index (χ3v) is 4.82. The van der Waals surface area contributed by atoms with Gasteiger partial charge in [0.15, 0.2) is 0 Å². The van der Waals surface area contributed by atoms with Crippen molar-refractivity contribution in [3.63, 3.8) is 0 Å². The van der Waals surface area contributed by atoms with Gasteiger partial charge in [0.2, 0.25) is 6.54 Å². The molecule has 2 amide bonds. The Bertz CT molecular complexity index is 945. The first kappa shape index (κ1) is 18.1. The minimum absolute atomic E-state index is 0.0846. The van der Waals surface area contributed by atoms with E-state index in [2.05, 4.69) is 5.11 Å². The first-order valence-corrected chi connectivity index (χ1v) is 9.14. The maximum atomic E-state index is 14.0. The van der Waals surface area contributed by atoms with Crippen molar-refractivity contribution in [3.8, 4) is 5.75 Å². The summed E-state index contributed by atoms with van der Waals surface area (Å²) in [4.78, 5) is 28.3. The fraction of sp³-hybridized carbons (Fsp3) is 0.300. The molecule has 0 aromatic heterocycles. The Morgan fingerprint density at radius 3 is 2.54 bits per heavy atom. The van der Waals surface area contributed by atoms with Crippen LogP contribution in [-0.2, 0) is 16.1 Å². The van der Waals surface area contributed by atoms with Gasteiger partial charge in [0, 0.05) is 23.9 Å². The van der Waals surface area contributed by atoms with Crippen LogP contribution in [0.15, 0.2) is 53.6 Å². The maximum absolute atomic E-state index is 14.0. The quantitative estimate of drug-likeness (QED) is 0.587. The molecule has 2 heterocycles. The lowest BCUT2D eigenvalue weighted by Gasteiger charge is -2.27. The summed E-state index contributed by atoms with van der Waals surface area (Å²) in [5, 5.41) is 4.45. The van der Waals surface area contributed by atoms with Crippen molar-refractivity contribution in [1.82, 2.24) is 4.90 Å². The van der Waals surface area contributed by atoms with Gasteiger partial charge in [-0.1, -0.05) is 12.1 Å². The number of carbonyl (C=O) groups is 2. The zero-order valence-electron chi connectivity index (χ0n) is 15.4. The molecule has 8 heteroatoms. The highest BCUT2D eigenvalue weighted by Gasteiger charge is 2.49. The van der Waals surface area contributed by atoms with E-state index >= 15 is 0 Å². The van der Waals surface area contributed by atoms with Crippen LogP contribution in [0.25, 0.3) is 0 Å². The van der Waals surface area contributed by atoms with E-state index in [1.807, 2.05) is 36.1 Å². The molecule has 0 spiro atoms. The topological polar surface area (TPSA) is 65.2 Å². The molecule has 0 N–H and O–H groups in total. The van der Waals surface area contributed by atoms with Gasteiger partial charge >= 0.3 is 11.8 Å². The highest BCUT2D eigenvalue weighted by molar-refractivity contribution is 6.31. The van der Waals surface area contributed by atoms with Crippen LogP contribution < -0.4 is 9.64 Å². The van der Waals surface area contributed by atoms with E-state index in [0.717, 1.165) is 16.1 Å². The normalized spacial score (nSPS) is 18.9. The third-order valence-electron chi connectivity index (χ3n) is 4.82. The van der Waals surface area contributed by atoms with Gasteiger partial charge in [-0.2, -0.15) is 0 Å². The van der Waals surface area contributed by atoms with E-state index in [0.29, 0.717) is 25.3 Å². The van der Waals surface area contributed by atoms with Crippen LogP contribution >= 0.6 is 0 Å². The predicted molar refractivity (Wildman–Crippen MR) is 98.3 cm³/mol. The molecule has 2 aromatic rings. The van der Waals surface area contributed by atoms with E-state index in [1.165, 1.54) is 11.0 Å². The summed E-state index contributed by atoms with van der Waals surface area (Å²) in [5.41, 5.74) is 1.18. The average Bonchev–Trinajstić information content (AvgIpc) is 3.12. The molecule has 1 unspecified atom stereocenters. The lowest BCUT2D eigenvalue weighted by molar-refractivity contribution is -0.535. The number of carbonyl (C=O) groups excluding carboxylic acids is 2. The first-order valence-electron chi connectivity index (χ1n) is 9.14. The molecule has 1 fully saturated rings. The second-order valence-corrected chi connectivity index (χ2v) is 6.53. The second kappa shape index (κ2) is 7.38. The van der Waals surface area contributed by atoms with Gasteiger partial charge in [-0.15, -0.1) is 0 Å². The van der Waals surface area contributed by atoms with E-state index < -0.39 is 23.9 Å². The summed E-state index contributed by atoms with van der Waals surface area (Å²) in [7, 11) is 0. The maximum Gasteiger partial charge on any atom is 0.502 e. The van der Waals surface area contributed by atoms with Crippen molar-refractivity contribution < 1.29 is 23.4 Å². The number of nitrogens with zero attached hydrogens (tertiary/aromatic N) is 4. The molecule has 1 saturated heterocycles. The summed E-state index contributed by atoms with van der Waals surface area (Å²) < 4.78 is 20.5. The molecule has 28 heavy (non-hydrogen) atoms. The van der Waals surface area contributed by atoms with Gasteiger partial charge in [0.1, 0.15) is 11.6 Å². The van der Waals surface area contributed by atoms with Gasteiger partial charge in [0.05, 0.1) is 12.2 Å². The number of hydrogen-bond donors (Lipinski definition) is 0. The Morgan fingerprint density at radius 2 is 1.82 bits per heavy atom. The smallest absolute Gasteiger partial charge is 0.494 e. The number of rotatable bonds is 5. The highest BCUT2D eigenvalue weighted by atomic mass is 19.1. The Morgan fingerprint density at radius 1 is 1.11 bits per heavy atom. The van der Waals surface area contributed by atoms with Crippen LogP contribution in [0.2, 0.25) is 0 Å². The van der Waals surface area contributed by atoms with Crippen molar-refractivity contribution in [1.29, 1.82) is 0 Å². The molecular formula is C20H20FN4O3+. The number of azo groups is 2.